The van der Waals surface area contributed by atoms with Crippen LogP contribution >= 0.6 is 0 Å². The maximum Gasteiger partial charge on any atom is 0.0326 e. The Hall–Kier alpha value is -0.820. The van der Waals surface area contributed by atoms with Crippen LogP contribution in [0.5, 0.6) is 0 Å². The van der Waals surface area contributed by atoms with Crippen molar-refractivity contribution in [3.05, 3.63) is 34.9 Å². The summed E-state index contributed by atoms with van der Waals surface area (Å²) in [5.74, 6) is 2.35. The molecular weight excluding hydrogens is 218 g/mol. The van der Waals surface area contributed by atoms with Gasteiger partial charge in [0.2, 0.25) is 0 Å². The third-order valence-corrected chi connectivity index (χ3v) is 4.94. The second-order valence-corrected chi connectivity index (χ2v) is 6.41. The zero-order valence-electron chi connectivity index (χ0n) is 12.2. The van der Waals surface area contributed by atoms with Crippen molar-refractivity contribution >= 4 is 0 Å². The van der Waals surface area contributed by atoms with Crippen molar-refractivity contribution in [3.8, 4) is 0 Å². The van der Waals surface area contributed by atoms with E-state index in [0.29, 0.717) is 5.92 Å². The zero-order valence-corrected chi connectivity index (χ0v) is 12.2. The lowest BCUT2D eigenvalue weighted by atomic mass is 9.72. The highest BCUT2D eigenvalue weighted by Gasteiger charge is 2.29. The van der Waals surface area contributed by atoms with Crippen molar-refractivity contribution < 1.29 is 0 Å². The Kier molecular flexibility index (Phi) is 4.11. The molecular formula is C17H27N. The summed E-state index contributed by atoms with van der Waals surface area (Å²) in [5, 5.41) is 0. The first-order valence-electron chi connectivity index (χ1n) is 7.31. The quantitative estimate of drug-likeness (QED) is 0.822. The summed E-state index contributed by atoms with van der Waals surface area (Å²) in [6.07, 6.45) is 3.92. The van der Waals surface area contributed by atoms with Gasteiger partial charge >= 0.3 is 0 Å². The lowest BCUT2D eigenvalue weighted by Gasteiger charge is -2.36. The molecule has 0 aliphatic heterocycles. The van der Waals surface area contributed by atoms with Crippen molar-refractivity contribution in [2.45, 2.75) is 53.0 Å². The number of hydrogen-bond donors (Lipinski definition) is 1. The molecule has 0 saturated heterocycles. The molecule has 1 aliphatic rings. The first-order valence-corrected chi connectivity index (χ1v) is 7.31. The minimum absolute atomic E-state index is 0.222. The lowest BCUT2D eigenvalue weighted by molar-refractivity contribution is 0.186. The van der Waals surface area contributed by atoms with Crippen molar-refractivity contribution in [1.82, 2.24) is 0 Å². The molecule has 100 valence electrons. The summed E-state index contributed by atoms with van der Waals surface area (Å²) >= 11 is 0. The van der Waals surface area contributed by atoms with Gasteiger partial charge in [-0.25, -0.2) is 0 Å². The number of rotatable bonds is 2. The van der Waals surface area contributed by atoms with Gasteiger partial charge in [-0.1, -0.05) is 44.0 Å². The fraction of sp³-hybridized carbons (Fsp3) is 0.647. The van der Waals surface area contributed by atoms with Crippen LogP contribution in [0.1, 0.15) is 55.8 Å². The SMILES string of the molecule is Cc1ccc(C)c(C(N)C2CCC(C)C(C)C2)c1. The second kappa shape index (κ2) is 5.44. The Morgan fingerprint density at radius 3 is 2.50 bits per heavy atom. The smallest absolute Gasteiger partial charge is 0.0326 e. The zero-order chi connectivity index (χ0) is 13.3. The van der Waals surface area contributed by atoms with Crippen LogP contribution in [0.25, 0.3) is 0 Å². The van der Waals surface area contributed by atoms with E-state index < -0.39 is 0 Å². The maximum atomic E-state index is 6.55. The highest BCUT2D eigenvalue weighted by atomic mass is 14.7. The molecule has 1 aliphatic carbocycles. The van der Waals surface area contributed by atoms with Gasteiger partial charge in [0.1, 0.15) is 0 Å². The van der Waals surface area contributed by atoms with E-state index >= 15 is 0 Å². The molecule has 2 rings (SSSR count). The Balaban J connectivity index is 2.16. The molecule has 1 heteroatoms. The fourth-order valence-electron chi connectivity index (χ4n) is 3.29. The summed E-state index contributed by atoms with van der Waals surface area (Å²) in [6.45, 7) is 9.10. The normalized spacial score (nSPS) is 30.2. The molecule has 1 aromatic carbocycles. The Labute approximate surface area is 112 Å². The number of hydrogen-bond acceptors (Lipinski definition) is 1. The molecule has 1 saturated carbocycles. The van der Waals surface area contributed by atoms with E-state index in [9.17, 15) is 0 Å². The summed E-state index contributed by atoms with van der Waals surface area (Å²) < 4.78 is 0. The summed E-state index contributed by atoms with van der Waals surface area (Å²) in [6, 6.07) is 6.89. The number of nitrogens with two attached hydrogens (primary N) is 1. The van der Waals surface area contributed by atoms with Gasteiger partial charge < -0.3 is 5.73 Å². The Morgan fingerprint density at radius 1 is 1.11 bits per heavy atom. The Morgan fingerprint density at radius 2 is 1.83 bits per heavy atom. The van der Waals surface area contributed by atoms with E-state index in [1.165, 1.54) is 36.0 Å². The molecule has 1 aromatic rings. The second-order valence-electron chi connectivity index (χ2n) is 6.41. The third kappa shape index (κ3) is 2.77. The summed E-state index contributed by atoms with van der Waals surface area (Å²) in [5.41, 5.74) is 10.6. The number of aryl methyl sites for hydroxylation is 2. The number of benzene rings is 1. The van der Waals surface area contributed by atoms with Gasteiger partial charge in [0, 0.05) is 6.04 Å². The topological polar surface area (TPSA) is 26.0 Å². The molecule has 1 nitrogen and oxygen atoms in total. The van der Waals surface area contributed by atoms with Gasteiger partial charge in [-0.15, -0.1) is 0 Å². The molecule has 0 radical (unpaired) electrons. The van der Waals surface area contributed by atoms with Crippen LogP contribution < -0.4 is 5.73 Å². The first kappa shape index (κ1) is 13.6. The molecule has 0 aromatic heterocycles. The fourth-order valence-corrected chi connectivity index (χ4v) is 3.29. The Bertz CT molecular complexity index is 410. The van der Waals surface area contributed by atoms with Crippen molar-refractivity contribution in [1.29, 1.82) is 0 Å². The molecule has 4 unspecified atom stereocenters. The van der Waals surface area contributed by atoms with Crippen LogP contribution in [0.4, 0.5) is 0 Å². The van der Waals surface area contributed by atoms with Gasteiger partial charge in [-0.2, -0.15) is 0 Å². The standard InChI is InChI=1S/C17H27N/c1-11-5-6-13(3)16(9-11)17(18)15-8-7-12(2)14(4)10-15/h5-6,9,12,14-15,17H,7-8,10,18H2,1-4H3. The van der Waals surface area contributed by atoms with Crippen LogP contribution in [0, 0.1) is 31.6 Å². The van der Waals surface area contributed by atoms with E-state index in [-0.39, 0.29) is 6.04 Å². The van der Waals surface area contributed by atoms with Gasteiger partial charge in [0.25, 0.3) is 0 Å². The molecule has 4 atom stereocenters. The van der Waals surface area contributed by atoms with Crippen molar-refractivity contribution in [3.63, 3.8) is 0 Å². The predicted molar refractivity (Wildman–Crippen MR) is 78.5 cm³/mol. The monoisotopic (exact) mass is 245 g/mol. The molecule has 18 heavy (non-hydrogen) atoms. The van der Waals surface area contributed by atoms with Crippen LogP contribution in [0.2, 0.25) is 0 Å². The average Bonchev–Trinajstić information content (AvgIpc) is 2.35. The molecule has 1 fully saturated rings. The minimum atomic E-state index is 0.222. The summed E-state index contributed by atoms with van der Waals surface area (Å²) in [7, 11) is 0. The minimum Gasteiger partial charge on any atom is -0.324 e. The van der Waals surface area contributed by atoms with E-state index in [4.69, 9.17) is 5.73 Å². The van der Waals surface area contributed by atoms with Crippen LogP contribution in [0.15, 0.2) is 18.2 Å². The average molecular weight is 245 g/mol. The molecule has 0 bridgehead atoms. The van der Waals surface area contributed by atoms with Gasteiger partial charge in [0.15, 0.2) is 0 Å². The highest BCUT2D eigenvalue weighted by molar-refractivity contribution is 5.33. The first-order chi connectivity index (χ1) is 8.49. The largest absolute Gasteiger partial charge is 0.324 e. The molecule has 0 amide bonds. The van der Waals surface area contributed by atoms with Gasteiger partial charge in [-0.3, -0.25) is 0 Å². The molecule has 0 spiro atoms. The molecule has 0 heterocycles. The van der Waals surface area contributed by atoms with E-state index in [1.807, 2.05) is 0 Å². The van der Waals surface area contributed by atoms with Crippen LogP contribution in [0.3, 0.4) is 0 Å². The van der Waals surface area contributed by atoms with Crippen LogP contribution in [-0.4, -0.2) is 0 Å². The van der Waals surface area contributed by atoms with Crippen molar-refractivity contribution in [2.75, 3.05) is 0 Å². The van der Waals surface area contributed by atoms with E-state index in [1.54, 1.807) is 0 Å². The summed E-state index contributed by atoms with van der Waals surface area (Å²) in [4.78, 5) is 0. The van der Waals surface area contributed by atoms with Gasteiger partial charge in [-0.05, 0) is 55.6 Å². The van der Waals surface area contributed by atoms with Crippen molar-refractivity contribution in [2.24, 2.45) is 23.5 Å². The third-order valence-electron chi connectivity index (χ3n) is 4.94. The van der Waals surface area contributed by atoms with Gasteiger partial charge in [0.05, 0.1) is 0 Å². The highest BCUT2D eigenvalue weighted by Crippen LogP contribution is 2.39. The van der Waals surface area contributed by atoms with Crippen LogP contribution in [-0.2, 0) is 0 Å². The van der Waals surface area contributed by atoms with E-state index in [0.717, 1.165) is 11.8 Å². The van der Waals surface area contributed by atoms with E-state index in [2.05, 4.69) is 45.9 Å². The molecule has 2 N–H and O–H groups in total. The lowest BCUT2D eigenvalue weighted by Crippen LogP contribution is -2.29. The maximum absolute atomic E-state index is 6.55. The predicted octanol–water partition coefficient (Wildman–Crippen LogP) is 4.38.